The molecule has 0 unspecified atom stereocenters. The van der Waals surface area contributed by atoms with E-state index in [9.17, 15) is 75.8 Å². The van der Waals surface area contributed by atoms with Crippen LogP contribution in [0.4, 0.5) is 0 Å². The van der Waals surface area contributed by atoms with Gasteiger partial charge in [0.2, 0.25) is 0 Å². The first kappa shape index (κ1) is 60.6. The van der Waals surface area contributed by atoms with Crippen molar-refractivity contribution >= 4 is 88.5 Å². The third-order valence-electron chi connectivity index (χ3n) is 10.4. The van der Waals surface area contributed by atoms with Gasteiger partial charge in [-0.1, -0.05) is 0 Å². The molecular weight excluding hydrogens is 1010 g/mol. The Hall–Kier alpha value is -0.450. The molecule has 27 heteroatoms. The van der Waals surface area contributed by atoms with Crippen molar-refractivity contribution in [3.63, 3.8) is 0 Å². The zero-order valence-electron chi connectivity index (χ0n) is 36.5. The van der Waals surface area contributed by atoms with E-state index in [2.05, 4.69) is 0 Å². The highest BCUT2D eigenvalue weighted by molar-refractivity contribution is 7.93. The molecule has 0 aromatic rings. The fourth-order valence-corrected chi connectivity index (χ4v) is 20.1. The van der Waals surface area contributed by atoms with E-state index in [0.29, 0.717) is 104 Å². The first-order valence-corrected chi connectivity index (χ1v) is 38.1. The summed E-state index contributed by atoms with van der Waals surface area (Å²) in [5, 5.41) is 0. The van der Waals surface area contributed by atoms with Gasteiger partial charge in [-0.15, -0.1) is 0 Å². The van der Waals surface area contributed by atoms with Crippen LogP contribution in [0.5, 0.6) is 0 Å². The second-order valence-electron chi connectivity index (χ2n) is 16.7. The zero-order valence-corrected chi connectivity index (χ0v) is 43.8. The van der Waals surface area contributed by atoms with Gasteiger partial charge in [0.1, 0.15) is 88.5 Å². The molecule has 63 heavy (non-hydrogen) atoms. The molecule has 0 bridgehead atoms. The maximum absolute atomic E-state index is 10.4. The molecule has 0 aromatic carbocycles. The van der Waals surface area contributed by atoms with Crippen LogP contribution in [-0.4, -0.2) is 179 Å². The molecule has 0 aromatic heterocycles. The second kappa shape index (κ2) is 28.1. The summed E-state index contributed by atoms with van der Waals surface area (Å²) in [6.45, 7) is 0. The zero-order chi connectivity index (χ0) is 48.0. The number of hydrogen-bond donors (Lipinski definition) is 0. The van der Waals surface area contributed by atoms with Gasteiger partial charge in [0.05, 0.1) is 104 Å². The average Bonchev–Trinajstić information content (AvgIpc) is 3.99. The number of hydrogen-bond acceptors (Lipinski definition) is 18. The van der Waals surface area contributed by atoms with Crippen molar-refractivity contribution in [2.45, 2.75) is 116 Å². The molecule has 0 saturated carbocycles. The molecule has 0 spiro atoms. The van der Waals surface area contributed by atoms with Crippen LogP contribution in [0.15, 0.2) is 0 Å². The summed E-state index contributed by atoms with van der Waals surface area (Å²) in [5.41, 5.74) is 0. The molecule has 18 nitrogen and oxygen atoms in total. The maximum Gasteiger partial charge on any atom is 0.150 e. The van der Waals surface area contributed by atoms with Crippen molar-refractivity contribution in [1.29, 1.82) is 0 Å². The van der Waals surface area contributed by atoms with Gasteiger partial charge in [-0.3, -0.25) is 0 Å². The monoisotopic (exact) mass is 1080 g/mol. The molecule has 378 valence electrons. The van der Waals surface area contributed by atoms with Gasteiger partial charge in [-0.25, -0.2) is 75.8 Å². The topological polar surface area (TPSA) is 307 Å². The Labute approximate surface area is 380 Å². The molecule has 0 radical (unpaired) electrons. The largest absolute Gasteiger partial charge is 0.229 e. The molecule has 9 heterocycles. The van der Waals surface area contributed by atoms with Crippen LogP contribution in [-0.2, 0) is 88.5 Å². The minimum atomic E-state index is -2.55. The van der Waals surface area contributed by atoms with Gasteiger partial charge in [-0.05, 0) is 116 Å². The van der Waals surface area contributed by atoms with E-state index in [1.54, 1.807) is 0 Å². The van der Waals surface area contributed by atoms with Crippen LogP contribution in [0.2, 0.25) is 0 Å². The lowest BCUT2D eigenvalue weighted by atomic mass is 10.4. The standard InChI is InChI=1S/9C4H8O2S/c9*5-7(6)3-1-2-4-7/h9*1-4H2. The molecule has 0 amide bonds. The minimum absolute atomic E-state index is 0.424. The number of sulfone groups is 9. The van der Waals surface area contributed by atoms with E-state index in [1.165, 1.54) is 0 Å². The summed E-state index contributed by atoms with van der Waals surface area (Å²) in [5.74, 6) is 7.62. The normalized spacial score (nSPS) is 28.0. The SMILES string of the molecule is O=S1(=O)CCCC1.O=S1(=O)CCCC1.O=S1(=O)CCCC1.O=S1(=O)CCCC1.O=S1(=O)CCCC1.O=S1(=O)CCCC1.O=S1(=O)CCCC1.O=S1(=O)CCCC1.O=S1(=O)CCCC1. The molecule has 0 N–H and O–H groups in total. The van der Waals surface area contributed by atoms with Gasteiger partial charge in [0, 0.05) is 0 Å². The smallest absolute Gasteiger partial charge is 0.150 e. The van der Waals surface area contributed by atoms with Crippen LogP contribution in [0.1, 0.15) is 116 Å². The summed E-state index contributed by atoms with van der Waals surface area (Å²) >= 11 is 0. The number of rotatable bonds is 0. The molecule has 9 fully saturated rings. The first-order valence-electron chi connectivity index (χ1n) is 21.7. The molecular formula is C36H72O18S9. The van der Waals surface area contributed by atoms with Crippen molar-refractivity contribution in [3.8, 4) is 0 Å². The van der Waals surface area contributed by atoms with Gasteiger partial charge < -0.3 is 0 Å². The Kier molecular flexibility index (Phi) is 27.1. The summed E-state index contributed by atoms with van der Waals surface area (Å²) in [6.07, 6.45) is 15.8. The average molecular weight is 1080 g/mol. The predicted octanol–water partition coefficient (Wildman–Crippen LogP) is 1.76. The summed E-state index contributed by atoms with van der Waals surface area (Å²) in [4.78, 5) is 0. The van der Waals surface area contributed by atoms with Gasteiger partial charge in [0.25, 0.3) is 0 Å². The third-order valence-corrected chi connectivity index (χ3v) is 26.8. The van der Waals surface area contributed by atoms with E-state index >= 15 is 0 Å². The molecule has 0 aliphatic carbocycles. The van der Waals surface area contributed by atoms with E-state index < -0.39 is 88.5 Å². The summed E-state index contributed by atoms with van der Waals surface area (Å²) in [7, 11) is -22.9. The Morgan fingerprint density at radius 3 is 0.175 bits per heavy atom. The van der Waals surface area contributed by atoms with Gasteiger partial charge in [0.15, 0.2) is 0 Å². The van der Waals surface area contributed by atoms with Crippen molar-refractivity contribution in [2.75, 3.05) is 104 Å². The Morgan fingerprint density at radius 1 is 0.111 bits per heavy atom. The highest BCUT2D eigenvalue weighted by Crippen LogP contribution is 2.13. The Balaban J connectivity index is 0.000000354. The third kappa shape index (κ3) is 33.6. The van der Waals surface area contributed by atoms with E-state index in [4.69, 9.17) is 0 Å². The lowest BCUT2D eigenvalue weighted by molar-refractivity contribution is 0.600. The first-order chi connectivity index (χ1) is 28.9. The van der Waals surface area contributed by atoms with E-state index in [1.807, 2.05) is 0 Å². The fourth-order valence-electron chi connectivity index (χ4n) is 6.71. The van der Waals surface area contributed by atoms with Crippen molar-refractivity contribution in [1.82, 2.24) is 0 Å². The molecule has 9 rings (SSSR count). The van der Waals surface area contributed by atoms with E-state index in [0.717, 1.165) is 116 Å². The van der Waals surface area contributed by atoms with Crippen molar-refractivity contribution < 1.29 is 75.8 Å². The maximum atomic E-state index is 10.4. The highest BCUT2D eigenvalue weighted by Gasteiger charge is 2.21. The van der Waals surface area contributed by atoms with E-state index in [-0.39, 0.29) is 0 Å². The van der Waals surface area contributed by atoms with Crippen LogP contribution in [0, 0.1) is 0 Å². The van der Waals surface area contributed by atoms with Gasteiger partial charge in [-0.2, -0.15) is 0 Å². The van der Waals surface area contributed by atoms with Crippen molar-refractivity contribution in [2.24, 2.45) is 0 Å². The molecule has 9 aliphatic heterocycles. The van der Waals surface area contributed by atoms with Crippen molar-refractivity contribution in [3.05, 3.63) is 0 Å². The van der Waals surface area contributed by atoms with Crippen LogP contribution in [0.3, 0.4) is 0 Å². The molecule has 0 atom stereocenters. The van der Waals surface area contributed by atoms with Crippen LogP contribution >= 0.6 is 0 Å². The van der Waals surface area contributed by atoms with Gasteiger partial charge >= 0.3 is 0 Å². The fraction of sp³-hybridized carbons (Fsp3) is 1.00. The highest BCUT2D eigenvalue weighted by atomic mass is 32.2. The molecule has 9 saturated heterocycles. The predicted molar refractivity (Wildman–Crippen MR) is 251 cm³/mol. The Bertz CT molecular complexity index is 1740. The van der Waals surface area contributed by atoms with Crippen LogP contribution in [0.25, 0.3) is 0 Å². The minimum Gasteiger partial charge on any atom is -0.229 e. The molecule has 9 aliphatic rings. The Morgan fingerprint density at radius 2 is 0.159 bits per heavy atom. The quantitative estimate of drug-likeness (QED) is 0.334. The van der Waals surface area contributed by atoms with Crippen LogP contribution < -0.4 is 0 Å². The lowest BCUT2D eigenvalue weighted by Crippen LogP contribution is -1.98. The summed E-state index contributed by atoms with van der Waals surface area (Å²) < 4.78 is 188. The second-order valence-corrected chi connectivity index (χ2v) is 37.5. The summed E-state index contributed by atoms with van der Waals surface area (Å²) in [6, 6.07) is 0. The lowest BCUT2D eigenvalue weighted by Gasteiger charge is -1.81.